The van der Waals surface area contributed by atoms with E-state index in [1.807, 2.05) is 13.8 Å². The van der Waals surface area contributed by atoms with Crippen LogP contribution < -0.4 is 38.9 Å². The van der Waals surface area contributed by atoms with Gasteiger partial charge in [0.2, 0.25) is 17.7 Å². The first-order valence-electron chi connectivity index (χ1n) is 12.1. The molecule has 0 bridgehead atoms. The number of amides is 3. The third-order valence-electron chi connectivity index (χ3n) is 5.21. The van der Waals surface area contributed by atoms with E-state index >= 15 is 0 Å². The molecule has 3 amide bonds. The summed E-state index contributed by atoms with van der Waals surface area (Å²) in [7, 11) is 0. The molecular formula is C22H42N8O7. The van der Waals surface area contributed by atoms with Crippen LogP contribution in [-0.2, 0) is 24.0 Å². The molecule has 0 rings (SSSR count). The van der Waals surface area contributed by atoms with Gasteiger partial charge in [-0.05, 0) is 51.0 Å². The summed E-state index contributed by atoms with van der Waals surface area (Å²) in [5.74, 6) is -5.12. The van der Waals surface area contributed by atoms with Gasteiger partial charge in [-0.1, -0.05) is 13.8 Å². The molecule has 15 nitrogen and oxygen atoms in total. The Balaban J connectivity index is 5.66. The van der Waals surface area contributed by atoms with E-state index in [4.69, 9.17) is 28.0 Å². The number of carboxylic acid groups (broad SMARTS) is 2. The molecule has 15 heteroatoms. The maximum atomic E-state index is 13.1. The molecule has 4 unspecified atom stereocenters. The quantitative estimate of drug-likeness (QED) is 0.0480. The van der Waals surface area contributed by atoms with Crippen LogP contribution in [0.3, 0.4) is 0 Å². The van der Waals surface area contributed by atoms with Crippen molar-refractivity contribution >= 4 is 35.6 Å². The molecule has 37 heavy (non-hydrogen) atoms. The number of carboxylic acids is 2. The number of nitrogens with one attached hydrogen (secondary N) is 3. The fraction of sp³-hybridized carbons (Fsp3) is 0.727. The highest BCUT2D eigenvalue weighted by atomic mass is 16.4. The predicted octanol–water partition coefficient (Wildman–Crippen LogP) is -2.44. The molecule has 0 aromatic heterocycles. The van der Waals surface area contributed by atoms with Crippen LogP contribution in [0.2, 0.25) is 0 Å². The van der Waals surface area contributed by atoms with Crippen molar-refractivity contribution in [3.8, 4) is 0 Å². The maximum absolute atomic E-state index is 13.1. The summed E-state index contributed by atoms with van der Waals surface area (Å²) in [6.07, 6.45) is 1.11. The van der Waals surface area contributed by atoms with Gasteiger partial charge < -0.3 is 49.1 Å². The molecular weight excluding hydrogens is 488 g/mol. The first-order valence-corrected chi connectivity index (χ1v) is 12.1. The second-order valence-electron chi connectivity index (χ2n) is 9.09. The minimum absolute atomic E-state index is 0.00406. The van der Waals surface area contributed by atoms with Crippen LogP contribution in [0.15, 0.2) is 4.99 Å². The van der Waals surface area contributed by atoms with E-state index in [-0.39, 0.29) is 37.7 Å². The molecule has 0 fully saturated rings. The minimum Gasteiger partial charge on any atom is -0.481 e. The third kappa shape index (κ3) is 15.3. The van der Waals surface area contributed by atoms with Crippen molar-refractivity contribution < 1.29 is 34.2 Å². The molecule has 212 valence electrons. The maximum Gasteiger partial charge on any atom is 0.326 e. The lowest BCUT2D eigenvalue weighted by atomic mass is 10.0. The zero-order valence-electron chi connectivity index (χ0n) is 21.4. The van der Waals surface area contributed by atoms with Crippen LogP contribution in [-0.4, -0.2) is 83.1 Å². The first kappa shape index (κ1) is 33.5. The Hall–Kier alpha value is -3.46. The number of aliphatic carboxylic acids is 2. The smallest absolute Gasteiger partial charge is 0.326 e. The lowest BCUT2D eigenvalue weighted by Crippen LogP contribution is -2.57. The van der Waals surface area contributed by atoms with Gasteiger partial charge in [0.15, 0.2) is 5.96 Å². The van der Waals surface area contributed by atoms with E-state index in [9.17, 15) is 29.1 Å². The Morgan fingerprint density at radius 1 is 0.811 bits per heavy atom. The molecule has 0 aromatic carbocycles. The molecule has 0 saturated heterocycles. The lowest BCUT2D eigenvalue weighted by molar-refractivity contribution is -0.147. The molecule has 0 aromatic rings. The number of guanidine groups is 1. The third-order valence-corrected chi connectivity index (χ3v) is 5.21. The van der Waals surface area contributed by atoms with Crippen molar-refractivity contribution in [3.05, 3.63) is 0 Å². The van der Waals surface area contributed by atoms with E-state index < -0.39 is 60.2 Å². The number of nitrogens with two attached hydrogens (primary N) is 4. The highest BCUT2D eigenvalue weighted by Crippen LogP contribution is 2.08. The van der Waals surface area contributed by atoms with Crippen molar-refractivity contribution in [2.24, 2.45) is 33.8 Å². The van der Waals surface area contributed by atoms with Crippen LogP contribution in [0.1, 0.15) is 58.8 Å². The summed E-state index contributed by atoms with van der Waals surface area (Å²) in [5, 5.41) is 25.5. The largest absolute Gasteiger partial charge is 0.481 e. The second kappa shape index (κ2) is 17.9. The second-order valence-corrected chi connectivity index (χ2v) is 9.09. The van der Waals surface area contributed by atoms with Gasteiger partial charge in [0.1, 0.15) is 18.1 Å². The molecule has 0 saturated carbocycles. The predicted molar refractivity (Wildman–Crippen MR) is 136 cm³/mol. The van der Waals surface area contributed by atoms with Crippen molar-refractivity contribution in [1.29, 1.82) is 0 Å². The van der Waals surface area contributed by atoms with E-state index in [2.05, 4.69) is 20.9 Å². The molecule has 0 heterocycles. The Labute approximate surface area is 216 Å². The topological polar surface area (TPSA) is 278 Å². The van der Waals surface area contributed by atoms with Gasteiger partial charge in [0.05, 0.1) is 12.5 Å². The summed E-state index contributed by atoms with van der Waals surface area (Å²) in [5.41, 5.74) is 22.1. The number of aliphatic imine (C=N–C) groups is 1. The Morgan fingerprint density at radius 3 is 1.78 bits per heavy atom. The van der Waals surface area contributed by atoms with E-state index in [0.717, 1.165) is 0 Å². The van der Waals surface area contributed by atoms with Gasteiger partial charge >= 0.3 is 11.9 Å². The summed E-state index contributed by atoms with van der Waals surface area (Å²) in [6, 6.07) is -4.83. The van der Waals surface area contributed by atoms with Gasteiger partial charge in [0.25, 0.3) is 0 Å². The normalized spacial score (nSPS) is 14.1. The summed E-state index contributed by atoms with van der Waals surface area (Å²) in [6.45, 7) is 4.31. The van der Waals surface area contributed by atoms with Crippen LogP contribution in [0.25, 0.3) is 0 Å². The number of hydrogen-bond donors (Lipinski definition) is 9. The molecule has 0 aliphatic rings. The van der Waals surface area contributed by atoms with Crippen molar-refractivity contribution in [2.75, 3.05) is 13.1 Å². The Morgan fingerprint density at radius 2 is 1.32 bits per heavy atom. The molecule has 4 atom stereocenters. The Bertz CT molecular complexity index is 802. The average Bonchev–Trinajstić information content (AvgIpc) is 2.78. The van der Waals surface area contributed by atoms with Crippen molar-refractivity contribution in [1.82, 2.24) is 16.0 Å². The highest BCUT2D eigenvalue weighted by molar-refractivity contribution is 5.94. The van der Waals surface area contributed by atoms with Gasteiger partial charge in [-0.15, -0.1) is 0 Å². The van der Waals surface area contributed by atoms with Gasteiger partial charge in [-0.3, -0.25) is 24.2 Å². The SMILES string of the molecule is CC(C)CC(N)C(=O)NC(CCCCN)C(=O)NC(CCCN=C(N)N)C(=O)NC(CC(=O)O)C(=O)O. The van der Waals surface area contributed by atoms with E-state index in [0.29, 0.717) is 25.8 Å². The fourth-order valence-electron chi connectivity index (χ4n) is 3.35. The number of rotatable bonds is 19. The standard InChI is InChI=1S/C22H42N8O7/c1-12(2)10-13(24)18(33)28-14(6-3-4-8-23)19(34)29-15(7-5-9-27-22(25)26)20(35)30-16(21(36)37)11-17(31)32/h12-16H,3-11,23-24H2,1-2H3,(H,28,33)(H,29,34)(H,30,35)(H,31,32)(H,36,37)(H4,25,26,27). The summed E-state index contributed by atoms with van der Waals surface area (Å²) in [4.78, 5) is 64.7. The van der Waals surface area contributed by atoms with Gasteiger partial charge in [-0.25, -0.2) is 4.79 Å². The fourth-order valence-corrected chi connectivity index (χ4v) is 3.35. The summed E-state index contributed by atoms with van der Waals surface area (Å²) >= 11 is 0. The van der Waals surface area contributed by atoms with Crippen LogP contribution in [0.5, 0.6) is 0 Å². The zero-order chi connectivity index (χ0) is 28.5. The van der Waals surface area contributed by atoms with Crippen LogP contribution in [0.4, 0.5) is 0 Å². The number of unbranched alkanes of at least 4 members (excludes halogenated alkanes) is 1. The number of nitrogens with zero attached hydrogens (tertiary/aromatic N) is 1. The van der Waals surface area contributed by atoms with Crippen molar-refractivity contribution in [3.63, 3.8) is 0 Å². The van der Waals surface area contributed by atoms with Gasteiger partial charge in [0, 0.05) is 6.54 Å². The van der Waals surface area contributed by atoms with E-state index in [1.165, 1.54) is 0 Å². The molecule has 13 N–H and O–H groups in total. The van der Waals surface area contributed by atoms with Gasteiger partial charge in [-0.2, -0.15) is 0 Å². The van der Waals surface area contributed by atoms with Crippen LogP contribution in [0, 0.1) is 5.92 Å². The monoisotopic (exact) mass is 530 g/mol. The average molecular weight is 531 g/mol. The Kier molecular flexibility index (Phi) is 16.2. The first-order chi connectivity index (χ1) is 17.3. The molecule has 0 spiro atoms. The molecule has 0 aliphatic carbocycles. The minimum atomic E-state index is -1.71. The molecule has 0 aliphatic heterocycles. The van der Waals surface area contributed by atoms with E-state index in [1.54, 1.807) is 0 Å². The summed E-state index contributed by atoms with van der Waals surface area (Å²) < 4.78 is 0. The van der Waals surface area contributed by atoms with Crippen molar-refractivity contribution in [2.45, 2.75) is 83.0 Å². The number of hydrogen-bond acceptors (Lipinski definition) is 8. The lowest BCUT2D eigenvalue weighted by Gasteiger charge is -2.25. The zero-order valence-corrected chi connectivity index (χ0v) is 21.4. The van der Waals surface area contributed by atoms with Crippen LogP contribution >= 0.6 is 0 Å². The molecule has 0 radical (unpaired) electrons. The highest BCUT2D eigenvalue weighted by Gasteiger charge is 2.31. The number of carbonyl (C=O) groups excluding carboxylic acids is 3. The number of carbonyl (C=O) groups is 5.